The lowest BCUT2D eigenvalue weighted by atomic mass is 10.2. The Morgan fingerprint density at radius 3 is 2.37 bits per heavy atom. The fraction of sp³-hybridized carbons (Fsp3) is 0.136. The van der Waals surface area contributed by atoms with Crippen molar-refractivity contribution in [3.8, 4) is 11.5 Å². The van der Waals surface area contributed by atoms with Gasteiger partial charge in [0.25, 0.3) is 5.91 Å². The number of nitrogens with zero attached hydrogens (tertiary/aromatic N) is 1. The third-order valence-electron chi connectivity index (χ3n) is 4.25. The van der Waals surface area contributed by atoms with Gasteiger partial charge in [-0.15, -0.1) is 11.3 Å². The molecular weight excluding hydrogens is 420 g/mol. The summed E-state index contributed by atoms with van der Waals surface area (Å²) in [6, 6.07) is 16.3. The highest BCUT2D eigenvalue weighted by Gasteiger charge is 2.20. The van der Waals surface area contributed by atoms with E-state index in [-0.39, 0.29) is 11.9 Å². The van der Waals surface area contributed by atoms with E-state index in [2.05, 4.69) is 10.3 Å². The van der Waals surface area contributed by atoms with Crippen LogP contribution < -0.4 is 10.1 Å². The molecule has 1 amide bonds. The normalized spacial score (nSPS) is 10.7. The molecule has 8 heteroatoms. The van der Waals surface area contributed by atoms with E-state index in [1.807, 2.05) is 37.3 Å². The fourth-order valence-corrected chi connectivity index (χ4v) is 5.01. The quantitative estimate of drug-likeness (QED) is 0.380. The SMILES string of the molecule is CCOC(=O)c1sc2nc(NC(=O)c3ccc(Oc4ccccc4)cc3)sc2c1C. The van der Waals surface area contributed by atoms with Gasteiger partial charge in [-0.1, -0.05) is 29.5 Å². The standard InChI is InChI=1S/C22H18N2O4S2/c1-3-27-21(26)18-13(2)17-20(29-18)24-22(30-17)23-19(25)14-9-11-16(12-10-14)28-15-7-5-4-6-8-15/h4-12H,3H2,1-2H3,(H,23,24,25). The Morgan fingerprint density at radius 1 is 1.00 bits per heavy atom. The summed E-state index contributed by atoms with van der Waals surface area (Å²) in [5.41, 5.74) is 1.33. The van der Waals surface area contributed by atoms with Crippen LogP contribution in [0.2, 0.25) is 0 Å². The lowest BCUT2D eigenvalue weighted by Gasteiger charge is -2.06. The minimum Gasteiger partial charge on any atom is -0.462 e. The monoisotopic (exact) mass is 438 g/mol. The molecule has 0 unspecified atom stereocenters. The van der Waals surface area contributed by atoms with Crippen molar-refractivity contribution in [1.29, 1.82) is 0 Å². The first-order chi connectivity index (χ1) is 14.5. The van der Waals surface area contributed by atoms with E-state index in [9.17, 15) is 9.59 Å². The predicted molar refractivity (Wildman–Crippen MR) is 119 cm³/mol. The summed E-state index contributed by atoms with van der Waals surface area (Å²) in [6.07, 6.45) is 0. The highest BCUT2D eigenvalue weighted by atomic mass is 32.1. The van der Waals surface area contributed by atoms with Crippen LogP contribution in [0.1, 0.15) is 32.5 Å². The van der Waals surface area contributed by atoms with E-state index >= 15 is 0 Å². The largest absolute Gasteiger partial charge is 0.462 e. The molecule has 0 spiro atoms. The van der Waals surface area contributed by atoms with E-state index in [0.29, 0.717) is 32.8 Å². The zero-order chi connectivity index (χ0) is 21.1. The van der Waals surface area contributed by atoms with Gasteiger partial charge in [0.1, 0.15) is 21.2 Å². The van der Waals surface area contributed by atoms with Crippen LogP contribution in [-0.4, -0.2) is 23.5 Å². The molecule has 0 aliphatic carbocycles. The van der Waals surface area contributed by atoms with Crippen molar-refractivity contribution in [3.63, 3.8) is 0 Å². The molecule has 2 aromatic heterocycles. The molecule has 0 aliphatic rings. The molecular formula is C22H18N2O4S2. The number of thiophene rings is 1. The van der Waals surface area contributed by atoms with Crippen LogP contribution in [0.25, 0.3) is 9.53 Å². The van der Waals surface area contributed by atoms with Gasteiger partial charge < -0.3 is 9.47 Å². The van der Waals surface area contributed by atoms with E-state index in [4.69, 9.17) is 9.47 Å². The van der Waals surface area contributed by atoms with Gasteiger partial charge >= 0.3 is 5.97 Å². The van der Waals surface area contributed by atoms with E-state index in [0.717, 1.165) is 16.0 Å². The zero-order valence-electron chi connectivity index (χ0n) is 16.3. The summed E-state index contributed by atoms with van der Waals surface area (Å²) in [4.78, 5) is 30.3. The lowest BCUT2D eigenvalue weighted by Crippen LogP contribution is -2.11. The number of thiazole rings is 1. The second-order valence-electron chi connectivity index (χ2n) is 6.32. The highest BCUT2D eigenvalue weighted by Crippen LogP contribution is 2.37. The van der Waals surface area contributed by atoms with Gasteiger partial charge in [-0.3, -0.25) is 10.1 Å². The lowest BCUT2D eigenvalue weighted by molar-refractivity contribution is 0.0531. The number of carbonyl (C=O) groups is 2. The van der Waals surface area contributed by atoms with Gasteiger partial charge in [0.15, 0.2) is 5.13 Å². The van der Waals surface area contributed by atoms with Crippen molar-refractivity contribution in [1.82, 2.24) is 4.98 Å². The van der Waals surface area contributed by atoms with Crippen molar-refractivity contribution in [2.75, 3.05) is 11.9 Å². The number of carbonyl (C=O) groups excluding carboxylic acids is 2. The van der Waals surface area contributed by atoms with E-state index < -0.39 is 0 Å². The summed E-state index contributed by atoms with van der Waals surface area (Å²) >= 11 is 2.62. The maximum Gasteiger partial charge on any atom is 0.348 e. The zero-order valence-corrected chi connectivity index (χ0v) is 17.9. The number of fused-ring (bicyclic) bond motifs is 1. The number of anilines is 1. The Bertz CT molecular complexity index is 1200. The smallest absolute Gasteiger partial charge is 0.348 e. The molecule has 0 aliphatic heterocycles. The van der Waals surface area contributed by atoms with Gasteiger partial charge in [0.05, 0.1) is 11.3 Å². The molecule has 2 aromatic carbocycles. The first-order valence-electron chi connectivity index (χ1n) is 9.26. The molecule has 0 radical (unpaired) electrons. The summed E-state index contributed by atoms with van der Waals surface area (Å²) < 4.78 is 11.7. The number of esters is 1. The third-order valence-corrected chi connectivity index (χ3v) is 6.64. The van der Waals surface area contributed by atoms with Crippen LogP contribution in [0.4, 0.5) is 5.13 Å². The molecule has 4 rings (SSSR count). The van der Waals surface area contributed by atoms with Gasteiger partial charge in [-0.05, 0) is 55.8 Å². The average Bonchev–Trinajstić information content (AvgIpc) is 3.28. The number of rotatable bonds is 6. The van der Waals surface area contributed by atoms with Crippen molar-refractivity contribution >= 4 is 49.2 Å². The Kier molecular flexibility index (Phi) is 5.78. The van der Waals surface area contributed by atoms with Crippen LogP contribution in [0.5, 0.6) is 11.5 Å². The summed E-state index contributed by atoms with van der Waals surface area (Å²) in [7, 11) is 0. The fourth-order valence-electron chi connectivity index (χ4n) is 2.80. The van der Waals surface area contributed by atoms with Crippen LogP contribution in [0.15, 0.2) is 54.6 Å². The summed E-state index contributed by atoms with van der Waals surface area (Å²) in [5.74, 6) is 0.782. The number of nitrogens with one attached hydrogen (secondary N) is 1. The molecule has 1 N–H and O–H groups in total. The van der Waals surface area contributed by atoms with Crippen LogP contribution in [0, 0.1) is 6.92 Å². The Labute approximate surface area is 181 Å². The van der Waals surface area contributed by atoms with Crippen molar-refractivity contribution in [2.45, 2.75) is 13.8 Å². The van der Waals surface area contributed by atoms with E-state index in [1.165, 1.54) is 22.7 Å². The molecule has 152 valence electrons. The molecule has 0 atom stereocenters. The van der Waals surface area contributed by atoms with Crippen molar-refractivity contribution in [3.05, 3.63) is 70.6 Å². The van der Waals surface area contributed by atoms with Gasteiger partial charge in [-0.25, -0.2) is 9.78 Å². The van der Waals surface area contributed by atoms with Crippen molar-refractivity contribution in [2.24, 2.45) is 0 Å². The average molecular weight is 439 g/mol. The number of aryl methyl sites for hydroxylation is 1. The molecule has 2 heterocycles. The number of para-hydroxylation sites is 1. The van der Waals surface area contributed by atoms with Crippen LogP contribution in [-0.2, 0) is 4.74 Å². The van der Waals surface area contributed by atoms with Gasteiger partial charge in [0, 0.05) is 5.56 Å². The number of amides is 1. The highest BCUT2D eigenvalue weighted by molar-refractivity contribution is 7.30. The first kappa shape index (κ1) is 20.1. The molecule has 0 saturated heterocycles. The second kappa shape index (κ2) is 8.64. The van der Waals surface area contributed by atoms with Gasteiger partial charge in [0.2, 0.25) is 0 Å². The summed E-state index contributed by atoms with van der Waals surface area (Å²) in [6.45, 7) is 3.96. The molecule has 6 nitrogen and oxygen atoms in total. The molecule has 4 aromatic rings. The predicted octanol–water partition coefficient (Wildman–Crippen LogP) is 5.89. The minimum absolute atomic E-state index is 0.258. The van der Waals surface area contributed by atoms with Crippen LogP contribution >= 0.6 is 22.7 Å². The Balaban J connectivity index is 1.45. The Morgan fingerprint density at radius 2 is 1.70 bits per heavy atom. The maximum atomic E-state index is 12.6. The number of benzene rings is 2. The number of aromatic nitrogens is 1. The van der Waals surface area contributed by atoms with E-state index in [1.54, 1.807) is 31.2 Å². The number of ether oxygens (including phenoxy) is 2. The number of hydrogen-bond donors (Lipinski definition) is 1. The minimum atomic E-state index is -0.339. The second-order valence-corrected chi connectivity index (χ2v) is 8.32. The van der Waals surface area contributed by atoms with Gasteiger partial charge in [-0.2, -0.15) is 0 Å². The molecule has 0 saturated carbocycles. The first-order valence-corrected chi connectivity index (χ1v) is 10.9. The molecule has 30 heavy (non-hydrogen) atoms. The Hall–Kier alpha value is -3.23. The summed E-state index contributed by atoms with van der Waals surface area (Å²) in [5, 5.41) is 3.31. The topological polar surface area (TPSA) is 77.5 Å². The third kappa shape index (κ3) is 4.19. The molecule has 0 fully saturated rings. The maximum absolute atomic E-state index is 12.6. The number of hydrogen-bond acceptors (Lipinski definition) is 7. The van der Waals surface area contributed by atoms with Crippen LogP contribution in [0.3, 0.4) is 0 Å². The molecule has 0 bridgehead atoms. The van der Waals surface area contributed by atoms with Crippen molar-refractivity contribution < 1.29 is 19.1 Å².